The maximum atomic E-state index is 8.79. The van der Waals surface area contributed by atoms with Crippen molar-refractivity contribution < 1.29 is 0 Å². The highest BCUT2D eigenvalue weighted by atomic mass is 14.9. The van der Waals surface area contributed by atoms with Crippen molar-refractivity contribution in [3.05, 3.63) is 35.4 Å². The summed E-state index contributed by atoms with van der Waals surface area (Å²) in [6.07, 6.45) is 8.21. The Morgan fingerprint density at radius 1 is 1.21 bits per heavy atom. The van der Waals surface area contributed by atoms with Crippen LogP contribution in [0, 0.1) is 17.2 Å². The molecule has 1 fully saturated rings. The van der Waals surface area contributed by atoms with Crippen LogP contribution in [0.5, 0.6) is 0 Å². The van der Waals surface area contributed by atoms with Crippen molar-refractivity contribution in [1.82, 2.24) is 5.32 Å². The van der Waals surface area contributed by atoms with Crippen molar-refractivity contribution in [1.29, 1.82) is 5.26 Å². The van der Waals surface area contributed by atoms with Crippen molar-refractivity contribution in [2.45, 2.75) is 58.0 Å². The fraction of sp³-hybridized carbons (Fsp3) is 0.588. The van der Waals surface area contributed by atoms with Crippen LogP contribution in [0.1, 0.15) is 56.6 Å². The van der Waals surface area contributed by atoms with Gasteiger partial charge in [0.15, 0.2) is 0 Å². The van der Waals surface area contributed by atoms with E-state index < -0.39 is 0 Å². The summed E-state index contributed by atoms with van der Waals surface area (Å²) in [6.45, 7) is 3.20. The van der Waals surface area contributed by atoms with Crippen LogP contribution in [0.25, 0.3) is 0 Å². The largest absolute Gasteiger partial charge is 0.310 e. The molecule has 1 N–H and O–H groups in total. The van der Waals surface area contributed by atoms with Crippen LogP contribution < -0.4 is 5.32 Å². The minimum absolute atomic E-state index is 0.649. The average Bonchev–Trinajstić information content (AvgIpc) is 2.49. The van der Waals surface area contributed by atoms with Gasteiger partial charge < -0.3 is 5.32 Å². The van der Waals surface area contributed by atoms with Crippen molar-refractivity contribution in [2.75, 3.05) is 0 Å². The molecule has 0 aliphatic heterocycles. The Labute approximate surface area is 116 Å². The summed E-state index contributed by atoms with van der Waals surface area (Å²) in [4.78, 5) is 0. The van der Waals surface area contributed by atoms with E-state index in [2.05, 4.69) is 30.4 Å². The van der Waals surface area contributed by atoms with Gasteiger partial charge in [0, 0.05) is 12.6 Å². The minimum Gasteiger partial charge on any atom is -0.310 e. The fourth-order valence-corrected chi connectivity index (χ4v) is 3.13. The predicted molar refractivity (Wildman–Crippen MR) is 78.7 cm³/mol. The topological polar surface area (TPSA) is 35.8 Å². The zero-order valence-electron chi connectivity index (χ0n) is 11.9. The van der Waals surface area contributed by atoms with Crippen molar-refractivity contribution in [3.63, 3.8) is 0 Å². The van der Waals surface area contributed by atoms with E-state index in [1.54, 1.807) is 0 Å². The smallest absolute Gasteiger partial charge is 0.0991 e. The van der Waals surface area contributed by atoms with Gasteiger partial charge in [0.2, 0.25) is 0 Å². The van der Waals surface area contributed by atoms with E-state index in [4.69, 9.17) is 5.26 Å². The molecule has 0 amide bonds. The summed E-state index contributed by atoms with van der Waals surface area (Å²) in [5.41, 5.74) is 2.01. The van der Waals surface area contributed by atoms with E-state index in [0.29, 0.717) is 6.04 Å². The maximum Gasteiger partial charge on any atom is 0.0991 e. The molecule has 1 unspecified atom stereocenters. The second-order valence-corrected chi connectivity index (χ2v) is 5.60. The number of hydrogen-bond acceptors (Lipinski definition) is 2. The molecule has 1 aliphatic rings. The van der Waals surface area contributed by atoms with Gasteiger partial charge in [-0.3, -0.25) is 0 Å². The molecule has 0 bridgehead atoms. The number of nitrogens with one attached hydrogen (secondary N) is 1. The molecule has 1 aromatic rings. The zero-order valence-corrected chi connectivity index (χ0v) is 11.9. The van der Waals surface area contributed by atoms with Gasteiger partial charge in [0.05, 0.1) is 11.6 Å². The molecule has 19 heavy (non-hydrogen) atoms. The van der Waals surface area contributed by atoms with E-state index in [9.17, 15) is 0 Å². The third kappa shape index (κ3) is 4.08. The SMILES string of the molecule is CCC(NCc1ccc(C#N)cc1)C1CCCCC1. The van der Waals surface area contributed by atoms with E-state index in [-0.39, 0.29) is 0 Å². The number of nitrogens with zero attached hydrogens (tertiary/aromatic N) is 1. The molecule has 1 aliphatic carbocycles. The van der Waals surface area contributed by atoms with E-state index in [1.165, 1.54) is 44.1 Å². The van der Waals surface area contributed by atoms with Gasteiger partial charge in [-0.1, -0.05) is 38.3 Å². The first-order chi connectivity index (χ1) is 9.33. The van der Waals surface area contributed by atoms with Gasteiger partial charge >= 0.3 is 0 Å². The summed E-state index contributed by atoms with van der Waals surface area (Å²) < 4.78 is 0. The molecule has 1 saturated carbocycles. The molecule has 0 aromatic heterocycles. The Bertz CT molecular complexity index is 410. The Kier molecular flexibility index (Phi) is 5.42. The normalized spacial score (nSPS) is 17.9. The second kappa shape index (κ2) is 7.31. The predicted octanol–water partition coefficient (Wildman–Crippen LogP) is 4.01. The Morgan fingerprint density at radius 2 is 1.89 bits per heavy atom. The minimum atomic E-state index is 0.649. The molecular weight excluding hydrogens is 232 g/mol. The first-order valence-electron chi connectivity index (χ1n) is 7.56. The van der Waals surface area contributed by atoms with Crippen molar-refractivity contribution in [2.24, 2.45) is 5.92 Å². The lowest BCUT2D eigenvalue weighted by atomic mass is 9.83. The third-order valence-electron chi connectivity index (χ3n) is 4.31. The highest BCUT2D eigenvalue weighted by molar-refractivity contribution is 5.31. The van der Waals surface area contributed by atoms with Gasteiger partial charge in [-0.15, -0.1) is 0 Å². The zero-order chi connectivity index (χ0) is 13.5. The molecule has 1 atom stereocenters. The van der Waals surface area contributed by atoms with E-state index in [1.807, 2.05) is 12.1 Å². The Morgan fingerprint density at radius 3 is 2.47 bits per heavy atom. The maximum absolute atomic E-state index is 8.79. The van der Waals surface area contributed by atoms with Gasteiger partial charge in [-0.2, -0.15) is 5.26 Å². The van der Waals surface area contributed by atoms with Crippen LogP contribution in [0.3, 0.4) is 0 Å². The van der Waals surface area contributed by atoms with E-state index >= 15 is 0 Å². The van der Waals surface area contributed by atoms with E-state index in [0.717, 1.165) is 18.0 Å². The summed E-state index contributed by atoms with van der Waals surface area (Å²) in [5, 5.41) is 12.5. The number of benzene rings is 1. The fourth-order valence-electron chi connectivity index (χ4n) is 3.13. The lowest BCUT2D eigenvalue weighted by Crippen LogP contribution is -2.36. The van der Waals surface area contributed by atoms with Gasteiger partial charge in [0.25, 0.3) is 0 Å². The number of hydrogen-bond donors (Lipinski definition) is 1. The monoisotopic (exact) mass is 256 g/mol. The molecule has 0 saturated heterocycles. The Hall–Kier alpha value is -1.33. The van der Waals surface area contributed by atoms with Crippen LogP contribution in [0.2, 0.25) is 0 Å². The highest BCUT2D eigenvalue weighted by Gasteiger charge is 2.21. The molecule has 0 spiro atoms. The highest BCUT2D eigenvalue weighted by Crippen LogP contribution is 2.27. The molecule has 1 aromatic carbocycles. The lowest BCUT2D eigenvalue weighted by Gasteiger charge is -2.30. The molecule has 2 nitrogen and oxygen atoms in total. The van der Waals surface area contributed by atoms with Gasteiger partial charge in [-0.05, 0) is 42.9 Å². The molecule has 102 valence electrons. The van der Waals surface area contributed by atoms with Crippen LogP contribution in [-0.2, 0) is 6.54 Å². The summed E-state index contributed by atoms with van der Waals surface area (Å²) in [5.74, 6) is 0.858. The number of nitriles is 1. The molecule has 2 heteroatoms. The van der Waals surface area contributed by atoms with Crippen molar-refractivity contribution >= 4 is 0 Å². The molecule has 0 heterocycles. The molecule has 2 rings (SSSR count). The van der Waals surface area contributed by atoms with Crippen molar-refractivity contribution in [3.8, 4) is 6.07 Å². The van der Waals surface area contributed by atoms with Gasteiger partial charge in [-0.25, -0.2) is 0 Å². The van der Waals surface area contributed by atoms with Crippen LogP contribution >= 0.6 is 0 Å². The third-order valence-corrected chi connectivity index (χ3v) is 4.31. The second-order valence-electron chi connectivity index (χ2n) is 5.60. The lowest BCUT2D eigenvalue weighted by molar-refractivity contribution is 0.262. The van der Waals surface area contributed by atoms with Crippen LogP contribution in [0.4, 0.5) is 0 Å². The standard InChI is InChI=1S/C17H24N2/c1-2-17(16-6-4-3-5-7-16)19-13-15-10-8-14(12-18)9-11-15/h8-11,16-17,19H,2-7,13H2,1H3. The Balaban J connectivity index is 1.86. The molecular formula is C17H24N2. The first kappa shape index (κ1) is 14.1. The molecule has 0 radical (unpaired) electrons. The van der Waals surface area contributed by atoms with Crippen LogP contribution in [0.15, 0.2) is 24.3 Å². The summed E-state index contributed by atoms with van der Waals surface area (Å²) in [7, 11) is 0. The quantitative estimate of drug-likeness (QED) is 0.864. The first-order valence-corrected chi connectivity index (χ1v) is 7.56. The summed E-state index contributed by atoms with van der Waals surface area (Å²) in [6, 6.07) is 10.7. The van der Waals surface area contributed by atoms with Gasteiger partial charge in [0.1, 0.15) is 0 Å². The van der Waals surface area contributed by atoms with Crippen LogP contribution in [-0.4, -0.2) is 6.04 Å². The average molecular weight is 256 g/mol. The summed E-state index contributed by atoms with van der Waals surface area (Å²) >= 11 is 0. The number of rotatable bonds is 5.